The number of nitrogens with two attached hydrogens (primary N) is 1. The minimum atomic E-state index is -4.88. The van der Waals surface area contributed by atoms with Gasteiger partial charge in [0.15, 0.2) is 17.2 Å². The van der Waals surface area contributed by atoms with Crippen molar-refractivity contribution >= 4 is 0 Å². The van der Waals surface area contributed by atoms with Gasteiger partial charge in [0.1, 0.15) is 11.5 Å². The lowest BCUT2D eigenvalue weighted by molar-refractivity contribution is -0.142. The van der Waals surface area contributed by atoms with Gasteiger partial charge in [-0.05, 0) is 31.4 Å². The monoisotopic (exact) mass is 368 g/mol. The fraction of sp³-hybridized carbons (Fsp3) is 0.333. The van der Waals surface area contributed by atoms with Crippen molar-refractivity contribution in [3.8, 4) is 17.3 Å². The lowest BCUT2D eigenvalue weighted by Crippen LogP contribution is -2.44. The van der Waals surface area contributed by atoms with Crippen LogP contribution in [0.2, 0.25) is 0 Å². The highest BCUT2D eigenvalue weighted by molar-refractivity contribution is 5.53. The summed E-state index contributed by atoms with van der Waals surface area (Å²) in [6.07, 6.45) is -2.79. The lowest BCUT2D eigenvalue weighted by atomic mass is 9.77. The highest BCUT2D eigenvalue weighted by atomic mass is 19.4. The number of alkyl halides is 3. The number of para-hydroxylation sites is 1. The molecule has 0 bridgehead atoms. The number of hydrogen-bond acceptors (Lipinski definition) is 6. The Morgan fingerprint density at radius 2 is 1.92 bits per heavy atom. The molecule has 1 aliphatic rings. The number of nitrogens with zero attached hydrogens (tertiary/aromatic N) is 5. The lowest BCUT2D eigenvalue weighted by Gasteiger charge is -2.34. The van der Waals surface area contributed by atoms with Crippen LogP contribution in [0.15, 0.2) is 28.8 Å². The first-order valence-corrected chi connectivity index (χ1v) is 7.71. The molecule has 0 spiro atoms. The van der Waals surface area contributed by atoms with Crippen molar-refractivity contribution in [3.05, 3.63) is 41.6 Å². The maximum absolute atomic E-state index is 13.9. The summed E-state index contributed by atoms with van der Waals surface area (Å²) in [7, 11) is 0. The van der Waals surface area contributed by atoms with Crippen molar-refractivity contribution in [3.63, 3.8) is 0 Å². The van der Waals surface area contributed by atoms with Gasteiger partial charge in [0.2, 0.25) is 0 Å². The van der Waals surface area contributed by atoms with E-state index in [1.165, 1.54) is 12.1 Å². The Labute approximate surface area is 143 Å². The molecule has 0 radical (unpaired) electrons. The molecular weight excluding hydrogens is 356 g/mol. The zero-order valence-electron chi connectivity index (χ0n) is 13.2. The summed E-state index contributed by atoms with van der Waals surface area (Å²) >= 11 is 0. The zero-order chi connectivity index (χ0) is 18.5. The molecule has 2 N–H and O–H groups in total. The summed E-state index contributed by atoms with van der Waals surface area (Å²) in [6, 6.07) is 4.93. The van der Waals surface area contributed by atoms with E-state index in [1.807, 2.05) is 0 Å². The van der Waals surface area contributed by atoms with Crippen LogP contribution in [0.25, 0.3) is 17.3 Å². The van der Waals surface area contributed by atoms with Gasteiger partial charge in [-0.1, -0.05) is 22.5 Å². The average Bonchev–Trinajstić information content (AvgIpc) is 3.19. The summed E-state index contributed by atoms with van der Waals surface area (Å²) in [4.78, 5) is 3.97. The average molecular weight is 368 g/mol. The van der Waals surface area contributed by atoms with Crippen LogP contribution < -0.4 is 5.73 Å². The molecule has 2 aromatic heterocycles. The second-order valence-electron chi connectivity index (χ2n) is 6.08. The van der Waals surface area contributed by atoms with Crippen molar-refractivity contribution in [1.82, 2.24) is 25.1 Å². The van der Waals surface area contributed by atoms with Crippen LogP contribution in [0.4, 0.5) is 17.6 Å². The van der Waals surface area contributed by atoms with Crippen molar-refractivity contribution in [2.45, 2.75) is 31.0 Å². The van der Waals surface area contributed by atoms with E-state index >= 15 is 0 Å². The molecule has 1 saturated carbocycles. The Kier molecular flexibility index (Phi) is 3.58. The predicted molar refractivity (Wildman–Crippen MR) is 79.3 cm³/mol. The Morgan fingerprint density at radius 3 is 2.54 bits per heavy atom. The molecule has 136 valence electrons. The Hall–Kier alpha value is -2.82. The van der Waals surface area contributed by atoms with Gasteiger partial charge < -0.3 is 10.3 Å². The fourth-order valence-corrected chi connectivity index (χ4v) is 2.78. The largest absolute Gasteiger partial charge is 0.435 e. The molecule has 0 atom stereocenters. The van der Waals surface area contributed by atoms with Gasteiger partial charge in [-0.25, -0.2) is 9.07 Å². The van der Waals surface area contributed by atoms with Crippen LogP contribution >= 0.6 is 0 Å². The van der Waals surface area contributed by atoms with Crippen LogP contribution in [0.3, 0.4) is 0 Å². The standard InChI is InChI=1S/C15H12F4N6O/c16-8-4-1-2-5-9(8)25-11(15(17,18)19)10(22-24-25)12-21-13(23-26-12)14(20)6-3-7-14/h1-2,4-5H,3,6-7,20H2. The quantitative estimate of drug-likeness (QED) is 0.714. The molecule has 0 saturated heterocycles. The number of benzene rings is 1. The van der Waals surface area contributed by atoms with E-state index in [0.717, 1.165) is 18.6 Å². The van der Waals surface area contributed by atoms with E-state index in [2.05, 4.69) is 20.5 Å². The first-order chi connectivity index (χ1) is 12.3. The Morgan fingerprint density at radius 1 is 1.19 bits per heavy atom. The maximum Gasteiger partial charge on any atom is 0.435 e. The first-order valence-electron chi connectivity index (χ1n) is 7.71. The third-order valence-electron chi connectivity index (χ3n) is 4.34. The van der Waals surface area contributed by atoms with Gasteiger partial charge in [0.05, 0.1) is 5.54 Å². The molecule has 0 unspecified atom stereocenters. The molecule has 4 rings (SSSR count). The van der Waals surface area contributed by atoms with Crippen LogP contribution in [0.1, 0.15) is 30.8 Å². The minimum absolute atomic E-state index is 0.118. The molecule has 0 aliphatic heterocycles. The van der Waals surface area contributed by atoms with Crippen LogP contribution in [0, 0.1) is 5.82 Å². The van der Waals surface area contributed by atoms with Crippen molar-refractivity contribution in [2.24, 2.45) is 5.73 Å². The van der Waals surface area contributed by atoms with Gasteiger partial charge in [-0.2, -0.15) is 18.2 Å². The van der Waals surface area contributed by atoms with Gasteiger partial charge in [-0.3, -0.25) is 0 Å². The Bertz CT molecular complexity index is 959. The molecule has 1 aromatic carbocycles. The van der Waals surface area contributed by atoms with E-state index in [4.69, 9.17) is 10.3 Å². The second kappa shape index (κ2) is 5.59. The minimum Gasteiger partial charge on any atom is -0.332 e. The van der Waals surface area contributed by atoms with E-state index < -0.39 is 40.5 Å². The topological polar surface area (TPSA) is 95.6 Å². The van der Waals surface area contributed by atoms with E-state index in [0.29, 0.717) is 17.5 Å². The maximum atomic E-state index is 13.9. The number of halogens is 4. The van der Waals surface area contributed by atoms with Crippen LogP contribution in [-0.4, -0.2) is 25.1 Å². The van der Waals surface area contributed by atoms with Crippen LogP contribution in [-0.2, 0) is 11.7 Å². The van der Waals surface area contributed by atoms with Gasteiger partial charge in [-0.15, -0.1) is 5.10 Å². The summed E-state index contributed by atoms with van der Waals surface area (Å²) < 4.78 is 60.1. The summed E-state index contributed by atoms with van der Waals surface area (Å²) in [5.74, 6) is -1.23. The normalized spacial score (nSPS) is 16.5. The predicted octanol–water partition coefficient (Wildman–Crippen LogP) is 2.81. The molecule has 1 fully saturated rings. The van der Waals surface area contributed by atoms with Crippen molar-refractivity contribution < 1.29 is 22.1 Å². The number of hydrogen-bond donors (Lipinski definition) is 1. The van der Waals surface area contributed by atoms with Gasteiger partial charge in [0.25, 0.3) is 5.89 Å². The molecule has 2 heterocycles. The smallest absolute Gasteiger partial charge is 0.332 e. The van der Waals surface area contributed by atoms with Crippen molar-refractivity contribution in [2.75, 3.05) is 0 Å². The number of aromatic nitrogens is 5. The van der Waals surface area contributed by atoms with E-state index in [-0.39, 0.29) is 5.82 Å². The van der Waals surface area contributed by atoms with Crippen molar-refractivity contribution in [1.29, 1.82) is 0 Å². The highest BCUT2D eigenvalue weighted by Crippen LogP contribution is 2.40. The zero-order valence-corrected chi connectivity index (χ0v) is 13.2. The van der Waals surface area contributed by atoms with E-state index in [1.54, 1.807) is 0 Å². The third kappa shape index (κ3) is 2.55. The third-order valence-corrected chi connectivity index (χ3v) is 4.34. The second-order valence-corrected chi connectivity index (χ2v) is 6.08. The highest BCUT2D eigenvalue weighted by Gasteiger charge is 2.44. The summed E-state index contributed by atoms with van der Waals surface area (Å²) in [6.45, 7) is 0. The number of rotatable bonds is 3. The SMILES string of the molecule is NC1(c2noc(-c3nnn(-c4ccccc4F)c3C(F)(F)F)n2)CCC1. The Balaban J connectivity index is 1.84. The van der Waals surface area contributed by atoms with Crippen LogP contribution in [0.5, 0.6) is 0 Å². The summed E-state index contributed by atoms with van der Waals surface area (Å²) in [5, 5.41) is 10.6. The molecule has 26 heavy (non-hydrogen) atoms. The molecule has 3 aromatic rings. The fourth-order valence-electron chi connectivity index (χ4n) is 2.78. The molecule has 0 amide bonds. The van der Waals surface area contributed by atoms with Gasteiger partial charge in [0, 0.05) is 0 Å². The molecule has 11 heteroatoms. The van der Waals surface area contributed by atoms with Gasteiger partial charge >= 0.3 is 6.18 Å². The van der Waals surface area contributed by atoms with E-state index in [9.17, 15) is 17.6 Å². The molecule has 7 nitrogen and oxygen atoms in total. The summed E-state index contributed by atoms with van der Waals surface area (Å²) in [5.41, 5.74) is 2.87. The molecule has 1 aliphatic carbocycles. The molecular formula is C15H12F4N6O. The first kappa shape index (κ1) is 16.6.